The van der Waals surface area contributed by atoms with Gasteiger partial charge >= 0.3 is 0 Å². The summed E-state index contributed by atoms with van der Waals surface area (Å²) < 4.78 is 2.89. The van der Waals surface area contributed by atoms with Crippen molar-refractivity contribution in [2.24, 2.45) is 5.73 Å². The van der Waals surface area contributed by atoms with E-state index in [1.165, 1.54) is 0 Å². The maximum atomic E-state index is 10.2. The Labute approximate surface area is 105 Å². The van der Waals surface area contributed by atoms with Crippen LogP contribution in [0.2, 0.25) is 0 Å². The summed E-state index contributed by atoms with van der Waals surface area (Å²) in [7, 11) is 0. The molecule has 0 fully saturated rings. The van der Waals surface area contributed by atoms with Gasteiger partial charge in [-0.15, -0.1) is 0 Å². The molecule has 16 heavy (non-hydrogen) atoms. The number of halogens is 1. The third-order valence-electron chi connectivity index (χ3n) is 2.99. The molecule has 0 aromatic carbocycles. The first-order valence-corrected chi connectivity index (χ1v) is 6.41. The number of aryl methyl sites for hydroxylation is 2. The van der Waals surface area contributed by atoms with Gasteiger partial charge in [-0.1, -0.05) is 6.92 Å². The first-order valence-electron chi connectivity index (χ1n) is 5.61. The number of rotatable bonds is 5. The molecule has 1 aromatic rings. The molecule has 1 aromatic heterocycles. The van der Waals surface area contributed by atoms with Crippen molar-refractivity contribution in [1.29, 1.82) is 0 Å². The maximum Gasteiger partial charge on any atom is 0.0822 e. The molecule has 1 rings (SSSR count). The fraction of sp³-hybridized carbons (Fsp3) is 0.727. The fourth-order valence-electron chi connectivity index (χ4n) is 1.69. The van der Waals surface area contributed by atoms with E-state index in [9.17, 15) is 5.11 Å². The lowest BCUT2D eigenvalue weighted by Gasteiger charge is -2.25. The summed E-state index contributed by atoms with van der Waals surface area (Å²) in [5.41, 5.74) is 6.76. The average molecular weight is 290 g/mol. The van der Waals surface area contributed by atoms with Crippen LogP contribution in [0.4, 0.5) is 0 Å². The summed E-state index contributed by atoms with van der Waals surface area (Å²) in [5.74, 6) is 0. The summed E-state index contributed by atoms with van der Waals surface area (Å²) in [4.78, 5) is 0. The smallest absolute Gasteiger partial charge is 0.0822 e. The second-order valence-electron chi connectivity index (χ2n) is 4.12. The van der Waals surface area contributed by atoms with Crippen LogP contribution in [0.3, 0.4) is 0 Å². The van der Waals surface area contributed by atoms with Gasteiger partial charge in [-0.3, -0.25) is 4.68 Å². The molecular formula is C11H20BrN3O. The molecule has 1 unspecified atom stereocenters. The Hall–Kier alpha value is -0.390. The SMILES string of the molecule is CCn1nc(C)c(Br)c1CC(O)(CC)CN. The molecule has 92 valence electrons. The van der Waals surface area contributed by atoms with Crippen LogP contribution in [0.25, 0.3) is 0 Å². The van der Waals surface area contributed by atoms with Crippen LogP contribution in [0.1, 0.15) is 31.7 Å². The van der Waals surface area contributed by atoms with Crippen molar-refractivity contribution in [2.75, 3.05) is 6.54 Å². The Morgan fingerprint density at radius 3 is 2.56 bits per heavy atom. The van der Waals surface area contributed by atoms with Gasteiger partial charge in [0.05, 0.1) is 21.5 Å². The normalized spacial score (nSPS) is 15.1. The van der Waals surface area contributed by atoms with E-state index < -0.39 is 5.60 Å². The fourth-order valence-corrected chi connectivity index (χ4v) is 2.12. The van der Waals surface area contributed by atoms with Gasteiger partial charge < -0.3 is 10.8 Å². The van der Waals surface area contributed by atoms with Crippen molar-refractivity contribution in [2.45, 2.75) is 45.8 Å². The van der Waals surface area contributed by atoms with Gasteiger partial charge in [0, 0.05) is 19.5 Å². The standard InChI is InChI=1S/C11H20BrN3O/c1-4-11(16,7-13)6-9-10(12)8(3)14-15(9)5-2/h16H,4-7,13H2,1-3H3. The highest BCUT2D eigenvalue weighted by atomic mass is 79.9. The molecule has 0 aliphatic heterocycles. The quantitative estimate of drug-likeness (QED) is 0.866. The molecule has 4 nitrogen and oxygen atoms in total. The van der Waals surface area contributed by atoms with E-state index in [0.29, 0.717) is 12.8 Å². The molecule has 1 atom stereocenters. The summed E-state index contributed by atoms with van der Waals surface area (Å²) in [6.45, 7) is 7.00. The number of hydrogen-bond acceptors (Lipinski definition) is 3. The largest absolute Gasteiger partial charge is 0.388 e. The molecule has 0 aliphatic carbocycles. The average Bonchev–Trinajstić information content (AvgIpc) is 2.56. The predicted octanol–water partition coefficient (Wildman–Crippen LogP) is 1.62. The molecule has 0 spiro atoms. The highest BCUT2D eigenvalue weighted by molar-refractivity contribution is 9.10. The number of nitrogens with zero attached hydrogens (tertiary/aromatic N) is 2. The summed E-state index contributed by atoms with van der Waals surface area (Å²) in [6.07, 6.45) is 1.18. The zero-order valence-corrected chi connectivity index (χ0v) is 11.7. The van der Waals surface area contributed by atoms with Crippen molar-refractivity contribution in [3.8, 4) is 0 Å². The Morgan fingerprint density at radius 1 is 1.50 bits per heavy atom. The molecule has 0 saturated carbocycles. The highest BCUT2D eigenvalue weighted by Crippen LogP contribution is 2.26. The van der Waals surface area contributed by atoms with Crippen molar-refractivity contribution in [1.82, 2.24) is 9.78 Å². The highest BCUT2D eigenvalue weighted by Gasteiger charge is 2.27. The third kappa shape index (κ3) is 2.64. The lowest BCUT2D eigenvalue weighted by atomic mass is 9.94. The van der Waals surface area contributed by atoms with Crippen LogP contribution in [0.5, 0.6) is 0 Å². The number of hydrogen-bond donors (Lipinski definition) is 2. The molecular weight excluding hydrogens is 270 g/mol. The van der Waals surface area contributed by atoms with Crippen LogP contribution in [0.15, 0.2) is 4.47 Å². The number of aromatic nitrogens is 2. The van der Waals surface area contributed by atoms with E-state index in [0.717, 1.165) is 22.4 Å². The second-order valence-corrected chi connectivity index (χ2v) is 4.91. The van der Waals surface area contributed by atoms with Gasteiger partial charge in [0.2, 0.25) is 0 Å². The van der Waals surface area contributed by atoms with Gasteiger partial charge in [-0.05, 0) is 36.2 Å². The minimum Gasteiger partial charge on any atom is -0.388 e. The van der Waals surface area contributed by atoms with E-state index in [1.807, 2.05) is 25.5 Å². The summed E-state index contributed by atoms with van der Waals surface area (Å²) in [6, 6.07) is 0. The Balaban J connectivity index is 3.04. The van der Waals surface area contributed by atoms with Crippen LogP contribution in [-0.2, 0) is 13.0 Å². The molecule has 0 aliphatic rings. The van der Waals surface area contributed by atoms with E-state index in [-0.39, 0.29) is 6.54 Å². The van der Waals surface area contributed by atoms with Gasteiger partial charge in [0.25, 0.3) is 0 Å². The lowest BCUT2D eigenvalue weighted by Crippen LogP contribution is -2.40. The van der Waals surface area contributed by atoms with Gasteiger partial charge in [0.1, 0.15) is 0 Å². The zero-order valence-electron chi connectivity index (χ0n) is 10.1. The van der Waals surface area contributed by atoms with Crippen LogP contribution >= 0.6 is 15.9 Å². The van der Waals surface area contributed by atoms with Crippen LogP contribution < -0.4 is 5.73 Å². The molecule has 1 heterocycles. The first-order chi connectivity index (χ1) is 7.47. The van der Waals surface area contributed by atoms with Crippen LogP contribution in [-0.4, -0.2) is 27.0 Å². The third-order valence-corrected chi connectivity index (χ3v) is 4.02. The molecule has 0 amide bonds. The van der Waals surface area contributed by atoms with Crippen molar-refractivity contribution < 1.29 is 5.11 Å². The van der Waals surface area contributed by atoms with Crippen LogP contribution in [0, 0.1) is 6.92 Å². The maximum absolute atomic E-state index is 10.2. The molecule has 5 heteroatoms. The van der Waals surface area contributed by atoms with E-state index in [1.54, 1.807) is 0 Å². The number of nitrogens with two attached hydrogens (primary N) is 1. The zero-order chi connectivity index (χ0) is 12.3. The Kier molecular flexibility index (Phi) is 4.52. The second kappa shape index (κ2) is 5.29. The minimum atomic E-state index is -0.831. The molecule has 0 saturated heterocycles. The van der Waals surface area contributed by atoms with E-state index in [4.69, 9.17) is 5.73 Å². The van der Waals surface area contributed by atoms with Crippen molar-refractivity contribution >= 4 is 15.9 Å². The minimum absolute atomic E-state index is 0.268. The molecule has 0 radical (unpaired) electrons. The van der Waals surface area contributed by atoms with Gasteiger partial charge in [0.15, 0.2) is 0 Å². The monoisotopic (exact) mass is 289 g/mol. The number of aliphatic hydroxyl groups is 1. The molecule has 3 N–H and O–H groups in total. The summed E-state index contributed by atoms with van der Waals surface area (Å²) in [5, 5.41) is 14.6. The summed E-state index contributed by atoms with van der Waals surface area (Å²) >= 11 is 3.52. The van der Waals surface area contributed by atoms with Gasteiger partial charge in [-0.2, -0.15) is 5.10 Å². The first kappa shape index (κ1) is 13.7. The lowest BCUT2D eigenvalue weighted by molar-refractivity contribution is 0.0434. The van der Waals surface area contributed by atoms with E-state index >= 15 is 0 Å². The van der Waals surface area contributed by atoms with Gasteiger partial charge in [-0.25, -0.2) is 0 Å². The van der Waals surface area contributed by atoms with Crippen molar-refractivity contribution in [3.05, 3.63) is 15.9 Å². The molecule has 0 bridgehead atoms. The predicted molar refractivity (Wildman–Crippen MR) is 68.3 cm³/mol. The Morgan fingerprint density at radius 2 is 2.12 bits per heavy atom. The van der Waals surface area contributed by atoms with E-state index in [2.05, 4.69) is 21.0 Å². The van der Waals surface area contributed by atoms with Crippen molar-refractivity contribution in [3.63, 3.8) is 0 Å². The topological polar surface area (TPSA) is 64.1 Å². The Bertz CT molecular complexity index is 358.